The Morgan fingerprint density at radius 3 is 2.66 bits per heavy atom. The van der Waals surface area contributed by atoms with Crippen LogP contribution < -0.4 is 4.74 Å². The van der Waals surface area contributed by atoms with Crippen LogP contribution in [0.25, 0.3) is 16.9 Å². The first-order chi connectivity index (χ1) is 13.8. The molecule has 9 heteroatoms. The molecule has 0 atom stereocenters. The lowest BCUT2D eigenvalue weighted by atomic mass is 9.88. The van der Waals surface area contributed by atoms with Gasteiger partial charge in [-0.15, -0.1) is 5.10 Å². The fraction of sp³-hybridized carbons (Fsp3) is 0.350. The molecule has 150 valence electrons. The maximum Gasteiger partial charge on any atom is 0.219 e. The summed E-state index contributed by atoms with van der Waals surface area (Å²) in [5, 5.41) is 12.4. The molecule has 0 fully saturated rings. The Labute approximate surface area is 167 Å². The number of nitrogens with zero attached hydrogens (tertiary/aromatic N) is 7. The van der Waals surface area contributed by atoms with E-state index >= 15 is 0 Å². The lowest BCUT2D eigenvalue weighted by Crippen LogP contribution is -2.13. The summed E-state index contributed by atoms with van der Waals surface area (Å²) in [5.74, 6) is 0.728. The summed E-state index contributed by atoms with van der Waals surface area (Å²) >= 11 is 0. The van der Waals surface area contributed by atoms with Crippen molar-refractivity contribution in [2.75, 3.05) is 0 Å². The van der Waals surface area contributed by atoms with Crippen LogP contribution in [0.1, 0.15) is 32.2 Å². The van der Waals surface area contributed by atoms with Gasteiger partial charge in [0, 0.05) is 12.6 Å². The third kappa shape index (κ3) is 3.94. The molecular formula is C20H22FN7O. The van der Waals surface area contributed by atoms with Crippen molar-refractivity contribution in [1.82, 2.24) is 34.7 Å². The van der Waals surface area contributed by atoms with Gasteiger partial charge in [-0.2, -0.15) is 14.8 Å². The highest BCUT2D eigenvalue weighted by atomic mass is 19.1. The molecule has 0 radical (unpaired) electrons. The summed E-state index contributed by atoms with van der Waals surface area (Å²) in [5.41, 5.74) is 2.22. The molecule has 0 saturated carbocycles. The van der Waals surface area contributed by atoms with Crippen molar-refractivity contribution in [3.63, 3.8) is 0 Å². The molecule has 0 aliphatic heterocycles. The Hall–Kier alpha value is -3.36. The van der Waals surface area contributed by atoms with E-state index in [0.29, 0.717) is 22.9 Å². The van der Waals surface area contributed by atoms with E-state index in [2.05, 4.69) is 46.1 Å². The standard InChI is InChI=1S/C20H22FN7O/c1-20(2,3)10-13-9-15-18(24-19(13)29-11-17-22-12-23-27(17)4)28(26-25-15)16-8-6-5-7-14(16)21/h5-9,12H,10-11H2,1-4H3. The maximum absolute atomic E-state index is 14.3. The second-order valence-electron chi connectivity index (χ2n) is 8.07. The van der Waals surface area contributed by atoms with Crippen molar-refractivity contribution in [3.05, 3.63) is 53.9 Å². The number of halogens is 1. The predicted molar refractivity (Wildman–Crippen MR) is 105 cm³/mol. The molecule has 0 aliphatic rings. The number of hydrogen-bond donors (Lipinski definition) is 0. The topological polar surface area (TPSA) is 83.5 Å². The van der Waals surface area contributed by atoms with Gasteiger partial charge in [0.2, 0.25) is 5.88 Å². The third-order valence-electron chi connectivity index (χ3n) is 4.41. The SMILES string of the molecule is Cn1ncnc1COc1nc2c(cc1CC(C)(C)C)nnn2-c1ccccc1F. The van der Waals surface area contributed by atoms with Crippen LogP contribution in [0.3, 0.4) is 0 Å². The Kier molecular flexibility index (Phi) is 4.73. The number of hydrogen-bond acceptors (Lipinski definition) is 6. The van der Waals surface area contributed by atoms with Gasteiger partial charge < -0.3 is 4.74 Å². The fourth-order valence-corrected chi connectivity index (χ4v) is 3.07. The Bertz CT molecular complexity index is 1160. The molecule has 4 aromatic rings. The van der Waals surface area contributed by atoms with Gasteiger partial charge in [0.05, 0.1) is 0 Å². The van der Waals surface area contributed by atoms with E-state index < -0.39 is 5.82 Å². The quantitative estimate of drug-likeness (QED) is 0.516. The van der Waals surface area contributed by atoms with Crippen molar-refractivity contribution in [2.45, 2.75) is 33.8 Å². The highest BCUT2D eigenvalue weighted by Crippen LogP contribution is 2.30. The molecule has 0 bridgehead atoms. The van der Waals surface area contributed by atoms with Crippen LogP contribution >= 0.6 is 0 Å². The zero-order valence-corrected chi connectivity index (χ0v) is 16.8. The van der Waals surface area contributed by atoms with E-state index in [1.54, 1.807) is 29.9 Å². The largest absolute Gasteiger partial charge is 0.469 e. The average Bonchev–Trinajstić information content (AvgIpc) is 3.24. The first-order valence-corrected chi connectivity index (χ1v) is 9.28. The molecule has 0 aliphatic carbocycles. The Morgan fingerprint density at radius 2 is 1.97 bits per heavy atom. The van der Waals surface area contributed by atoms with Crippen molar-refractivity contribution >= 4 is 11.2 Å². The van der Waals surface area contributed by atoms with E-state index in [9.17, 15) is 4.39 Å². The zero-order valence-electron chi connectivity index (χ0n) is 16.8. The predicted octanol–water partition coefficient (Wildman–Crippen LogP) is 3.25. The van der Waals surface area contributed by atoms with Gasteiger partial charge in [0.25, 0.3) is 0 Å². The summed E-state index contributed by atoms with van der Waals surface area (Å²) in [6, 6.07) is 8.29. The number of aromatic nitrogens is 7. The molecule has 1 aromatic carbocycles. The molecule has 8 nitrogen and oxygen atoms in total. The lowest BCUT2D eigenvalue weighted by Gasteiger charge is -2.20. The minimum absolute atomic E-state index is 0.0137. The zero-order chi connectivity index (χ0) is 20.6. The molecule has 0 unspecified atom stereocenters. The highest BCUT2D eigenvalue weighted by molar-refractivity contribution is 5.74. The number of aryl methyl sites for hydroxylation is 1. The van der Waals surface area contributed by atoms with E-state index in [0.717, 1.165) is 12.0 Å². The van der Waals surface area contributed by atoms with Gasteiger partial charge in [-0.05, 0) is 30.0 Å². The summed E-state index contributed by atoms with van der Waals surface area (Å²) in [4.78, 5) is 8.84. The minimum Gasteiger partial charge on any atom is -0.469 e. The van der Waals surface area contributed by atoms with Gasteiger partial charge >= 0.3 is 0 Å². The first kappa shape index (κ1) is 19.0. The van der Waals surface area contributed by atoms with Gasteiger partial charge in [0.1, 0.15) is 30.0 Å². The molecule has 0 spiro atoms. The monoisotopic (exact) mass is 395 g/mol. The number of rotatable bonds is 5. The van der Waals surface area contributed by atoms with Crippen LogP contribution in [0, 0.1) is 11.2 Å². The van der Waals surface area contributed by atoms with Crippen LogP contribution in [0.2, 0.25) is 0 Å². The lowest BCUT2D eigenvalue weighted by molar-refractivity contribution is 0.272. The fourth-order valence-electron chi connectivity index (χ4n) is 3.07. The molecular weight excluding hydrogens is 373 g/mol. The maximum atomic E-state index is 14.3. The van der Waals surface area contributed by atoms with Crippen LogP contribution in [-0.4, -0.2) is 34.7 Å². The number of pyridine rings is 1. The van der Waals surface area contributed by atoms with Gasteiger partial charge in [-0.25, -0.2) is 9.37 Å². The van der Waals surface area contributed by atoms with E-state index in [-0.39, 0.29) is 17.7 Å². The smallest absolute Gasteiger partial charge is 0.219 e. The number of fused-ring (bicyclic) bond motifs is 1. The number of ether oxygens (including phenoxy) is 1. The van der Waals surface area contributed by atoms with Gasteiger partial charge in [-0.3, -0.25) is 4.68 Å². The van der Waals surface area contributed by atoms with E-state index in [1.807, 2.05) is 6.07 Å². The third-order valence-corrected chi connectivity index (χ3v) is 4.41. The van der Waals surface area contributed by atoms with Crippen LogP contribution in [-0.2, 0) is 20.1 Å². The average molecular weight is 395 g/mol. The summed E-state index contributed by atoms with van der Waals surface area (Å²) < 4.78 is 23.3. The molecule has 0 amide bonds. The van der Waals surface area contributed by atoms with E-state index in [1.165, 1.54) is 17.1 Å². The van der Waals surface area contributed by atoms with Gasteiger partial charge in [-0.1, -0.05) is 38.1 Å². The van der Waals surface area contributed by atoms with Gasteiger partial charge in [0.15, 0.2) is 11.5 Å². The summed E-state index contributed by atoms with van der Waals surface area (Å²) in [6.45, 7) is 6.63. The number of benzene rings is 1. The second kappa shape index (κ2) is 7.23. The molecule has 3 aromatic heterocycles. The summed E-state index contributed by atoms with van der Waals surface area (Å²) in [7, 11) is 1.80. The molecule has 0 saturated heterocycles. The van der Waals surface area contributed by atoms with E-state index in [4.69, 9.17) is 4.74 Å². The van der Waals surface area contributed by atoms with Crippen LogP contribution in [0.4, 0.5) is 4.39 Å². The Balaban J connectivity index is 1.79. The van der Waals surface area contributed by atoms with Crippen LogP contribution in [0.5, 0.6) is 5.88 Å². The molecule has 3 heterocycles. The normalized spacial score (nSPS) is 11.9. The van der Waals surface area contributed by atoms with Crippen LogP contribution in [0.15, 0.2) is 36.7 Å². The van der Waals surface area contributed by atoms with Crippen molar-refractivity contribution in [3.8, 4) is 11.6 Å². The van der Waals surface area contributed by atoms with Crippen molar-refractivity contribution < 1.29 is 9.13 Å². The minimum atomic E-state index is -0.401. The van der Waals surface area contributed by atoms with Crippen molar-refractivity contribution in [1.29, 1.82) is 0 Å². The molecule has 29 heavy (non-hydrogen) atoms. The molecule has 0 N–H and O–H groups in total. The highest BCUT2D eigenvalue weighted by Gasteiger charge is 2.21. The van der Waals surface area contributed by atoms with Crippen molar-refractivity contribution in [2.24, 2.45) is 12.5 Å². The number of para-hydroxylation sites is 1. The summed E-state index contributed by atoms with van der Waals surface area (Å²) in [6.07, 6.45) is 2.21. The Morgan fingerprint density at radius 1 is 1.17 bits per heavy atom. The first-order valence-electron chi connectivity index (χ1n) is 9.28. The molecule has 4 rings (SSSR count). The second-order valence-corrected chi connectivity index (χ2v) is 8.07.